The number of carbonyl (C=O) groups excluding carboxylic acids is 1. The molecule has 0 amide bonds. The molecular weight excluding hydrogens is 427 g/mol. The van der Waals surface area contributed by atoms with E-state index >= 15 is 0 Å². The summed E-state index contributed by atoms with van der Waals surface area (Å²) in [6.45, 7) is 2.02. The summed E-state index contributed by atoms with van der Waals surface area (Å²) in [5.41, 5.74) is 5.33. The molecule has 4 aromatic rings. The van der Waals surface area contributed by atoms with Gasteiger partial charge in [-0.15, -0.1) is 0 Å². The van der Waals surface area contributed by atoms with Crippen LogP contribution in [0.4, 0.5) is 0 Å². The molecule has 0 saturated carbocycles. The van der Waals surface area contributed by atoms with Gasteiger partial charge in [-0.05, 0) is 46.9 Å². The molecule has 4 heteroatoms. The summed E-state index contributed by atoms with van der Waals surface area (Å²) in [4.78, 5) is 12.5. The van der Waals surface area contributed by atoms with Gasteiger partial charge < -0.3 is 9.30 Å². The van der Waals surface area contributed by atoms with Crippen molar-refractivity contribution in [2.75, 3.05) is 7.11 Å². The minimum absolute atomic E-state index is 0.379. The molecule has 0 spiro atoms. The monoisotopic (exact) mass is 454 g/mol. The van der Waals surface area contributed by atoms with Crippen molar-refractivity contribution in [1.82, 2.24) is 0 Å². The molecule has 166 valence electrons. The summed E-state index contributed by atoms with van der Waals surface area (Å²) in [6.07, 6.45) is 0.891. The van der Waals surface area contributed by atoms with Gasteiger partial charge in [0.1, 0.15) is 7.14 Å². The van der Waals surface area contributed by atoms with Gasteiger partial charge in [0.2, 0.25) is 0 Å². The number of hydrogen-bond donors (Lipinski definition) is 0. The van der Waals surface area contributed by atoms with Gasteiger partial charge in [-0.25, -0.2) is 4.79 Å². The third-order valence-corrected chi connectivity index (χ3v) is 8.86. The number of ether oxygens (including phenoxy) is 1. The number of benzene rings is 4. The van der Waals surface area contributed by atoms with E-state index in [1.807, 2.05) is 104 Å². The topological polar surface area (TPSA) is 43.4 Å². The number of hydrogen-bond acceptors (Lipinski definition) is 3. The van der Waals surface area contributed by atoms with Crippen LogP contribution in [0.1, 0.15) is 27.0 Å². The van der Waals surface area contributed by atoms with Gasteiger partial charge in [0.15, 0.2) is 0 Å². The first-order valence-corrected chi connectivity index (χ1v) is 13.0. The zero-order valence-corrected chi connectivity index (χ0v) is 19.8. The molecular formula is C29H27O3P. The van der Waals surface area contributed by atoms with Crippen molar-refractivity contribution >= 4 is 18.4 Å². The maximum atomic E-state index is 14.5. The average Bonchev–Trinajstić information content (AvgIpc) is 2.85. The highest BCUT2D eigenvalue weighted by atomic mass is 31.2. The molecule has 4 aromatic carbocycles. The molecule has 0 fully saturated rings. The molecule has 0 aliphatic rings. The third-order valence-electron chi connectivity index (χ3n) is 5.87. The smallest absolute Gasteiger partial charge is 0.338 e. The van der Waals surface area contributed by atoms with Gasteiger partial charge >= 0.3 is 5.97 Å². The van der Waals surface area contributed by atoms with Crippen molar-refractivity contribution in [2.24, 2.45) is 0 Å². The highest BCUT2D eigenvalue weighted by Crippen LogP contribution is 2.51. The molecule has 0 heterocycles. The predicted octanol–water partition coefficient (Wildman–Crippen LogP) is 6.84. The van der Waals surface area contributed by atoms with E-state index in [4.69, 9.17) is 4.74 Å². The lowest BCUT2D eigenvalue weighted by Crippen LogP contribution is -2.10. The fourth-order valence-corrected chi connectivity index (χ4v) is 6.97. The molecule has 0 saturated heterocycles. The van der Waals surface area contributed by atoms with Gasteiger partial charge in [0, 0.05) is 17.6 Å². The van der Waals surface area contributed by atoms with Crippen LogP contribution in [0.3, 0.4) is 0 Å². The molecule has 1 unspecified atom stereocenters. The maximum Gasteiger partial charge on any atom is 0.338 e. The first-order valence-electron chi connectivity index (χ1n) is 10.9. The van der Waals surface area contributed by atoms with Crippen LogP contribution in [-0.4, -0.2) is 13.1 Å². The Bertz CT molecular complexity index is 1300. The van der Waals surface area contributed by atoms with Crippen LogP contribution in [0.2, 0.25) is 0 Å². The van der Waals surface area contributed by atoms with Gasteiger partial charge in [-0.1, -0.05) is 91.0 Å². The molecule has 0 radical (unpaired) electrons. The average molecular weight is 455 g/mol. The van der Waals surface area contributed by atoms with Crippen LogP contribution in [0.15, 0.2) is 103 Å². The predicted molar refractivity (Wildman–Crippen MR) is 135 cm³/mol. The molecule has 0 N–H and O–H groups in total. The Morgan fingerprint density at radius 1 is 0.727 bits per heavy atom. The number of methoxy groups -OCH3 is 1. The summed E-state index contributed by atoms with van der Waals surface area (Å²) in [7, 11) is -1.41. The Balaban J connectivity index is 1.80. The number of rotatable bonds is 7. The minimum Gasteiger partial charge on any atom is -0.465 e. The van der Waals surface area contributed by atoms with Crippen molar-refractivity contribution < 1.29 is 14.1 Å². The number of carbonyl (C=O) groups is 1. The highest BCUT2D eigenvalue weighted by molar-refractivity contribution is 7.70. The first-order chi connectivity index (χ1) is 16.0. The van der Waals surface area contributed by atoms with Crippen LogP contribution in [0.5, 0.6) is 0 Å². The SMILES string of the molecule is COC(=O)c1ccc(CP(=O)(Cc2ccccc2)c2ccccc2)cc1-c1ccccc1C. The highest BCUT2D eigenvalue weighted by Gasteiger charge is 2.26. The summed E-state index contributed by atoms with van der Waals surface area (Å²) < 4.78 is 19.5. The molecule has 33 heavy (non-hydrogen) atoms. The van der Waals surface area contributed by atoms with Gasteiger partial charge in [0.05, 0.1) is 12.7 Å². The summed E-state index contributed by atoms with van der Waals surface area (Å²) in [5.74, 6) is -0.379. The summed E-state index contributed by atoms with van der Waals surface area (Å²) in [6, 6.07) is 33.3. The fraction of sp³-hybridized carbons (Fsp3) is 0.138. The Morgan fingerprint density at radius 2 is 1.33 bits per heavy atom. The van der Waals surface area contributed by atoms with Crippen LogP contribution < -0.4 is 5.30 Å². The normalized spacial score (nSPS) is 12.7. The van der Waals surface area contributed by atoms with Crippen LogP contribution >= 0.6 is 7.14 Å². The van der Waals surface area contributed by atoms with Crippen molar-refractivity contribution in [3.05, 3.63) is 125 Å². The standard InChI is InChI=1S/C29H27O3P/c1-22-11-9-10-16-26(22)28-19-24(17-18-27(28)29(30)32-2)21-33(31,25-14-7-4-8-15-25)20-23-12-5-3-6-13-23/h3-19H,20-21H2,1-2H3. The van der Waals surface area contributed by atoms with Crippen LogP contribution in [0.25, 0.3) is 11.1 Å². The Kier molecular flexibility index (Phi) is 6.91. The van der Waals surface area contributed by atoms with E-state index in [1.165, 1.54) is 7.11 Å². The van der Waals surface area contributed by atoms with Crippen molar-refractivity contribution in [3.63, 3.8) is 0 Å². The van der Waals surface area contributed by atoms with Gasteiger partial charge in [-0.2, -0.15) is 0 Å². The Labute approximate surface area is 195 Å². The second-order valence-electron chi connectivity index (χ2n) is 8.21. The maximum absolute atomic E-state index is 14.5. The molecule has 0 bridgehead atoms. The van der Waals surface area contributed by atoms with E-state index < -0.39 is 7.14 Å². The zero-order chi connectivity index (χ0) is 23.3. The zero-order valence-electron chi connectivity index (χ0n) is 18.9. The molecule has 4 rings (SSSR count). The Hall–Kier alpha value is -3.42. The van der Waals surface area contributed by atoms with Crippen LogP contribution in [0, 0.1) is 6.92 Å². The second kappa shape index (κ2) is 10.0. The lowest BCUT2D eigenvalue weighted by Gasteiger charge is -2.20. The van der Waals surface area contributed by atoms with E-state index in [9.17, 15) is 9.36 Å². The molecule has 3 nitrogen and oxygen atoms in total. The first kappa shape index (κ1) is 22.8. The Morgan fingerprint density at radius 3 is 2.00 bits per heavy atom. The van der Waals surface area contributed by atoms with Crippen molar-refractivity contribution in [2.45, 2.75) is 19.2 Å². The van der Waals surface area contributed by atoms with E-state index in [-0.39, 0.29) is 5.97 Å². The second-order valence-corrected chi connectivity index (χ2v) is 11.1. The van der Waals surface area contributed by atoms with E-state index in [1.54, 1.807) is 6.07 Å². The number of esters is 1. The lowest BCUT2D eigenvalue weighted by molar-refractivity contribution is 0.0601. The third kappa shape index (κ3) is 5.16. The number of aryl methyl sites for hydroxylation is 1. The quantitative estimate of drug-likeness (QED) is 0.227. The molecule has 0 aliphatic heterocycles. The van der Waals surface area contributed by atoms with E-state index in [0.717, 1.165) is 33.1 Å². The molecule has 1 atom stereocenters. The lowest BCUT2D eigenvalue weighted by atomic mass is 9.94. The minimum atomic E-state index is -2.80. The van der Waals surface area contributed by atoms with E-state index in [0.29, 0.717) is 17.9 Å². The van der Waals surface area contributed by atoms with E-state index in [2.05, 4.69) is 0 Å². The fourth-order valence-electron chi connectivity index (χ4n) is 4.19. The summed E-state index contributed by atoms with van der Waals surface area (Å²) in [5, 5.41) is 0.864. The summed E-state index contributed by atoms with van der Waals surface area (Å²) >= 11 is 0. The molecule has 0 aliphatic carbocycles. The van der Waals surface area contributed by atoms with Gasteiger partial charge in [-0.3, -0.25) is 0 Å². The molecule has 0 aromatic heterocycles. The van der Waals surface area contributed by atoms with Crippen LogP contribution in [-0.2, 0) is 21.6 Å². The van der Waals surface area contributed by atoms with Crippen molar-refractivity contribution in [3.8, 4) is 11.1 Å². The van der Waals surface area contributed by atoms with Crippen molar-refractivity contribution in [1.29, 1.82) is 0 Å². The largest absolute Gasteiger partial charge is 0.465 e. The van der Waals surface area contributed by atoms with Gasteiger partial charge in [0.25, 0.3) is 0 Å².